The van der Waals surface area contributed by atoms with Crippen molar-refractivity contribution in [2.75, 3.05) is 17.2 Å². The number of anilines is 1. The third-order valence-corrected chi connectivity index (χ3v) is 7.64. The number of rotatable bonds is 4. The maximum absolute atomic E-state index is 14.6. The number of alkyl halides is 2. The van der Waals surface area contributed by atoms with Gasteiger partial charge in [-0.2, -0.15) is 8.78 Å². The molecule has 31 heavy (non-hydrogen) atoms. The van der Waals surface area contributed by atoms with Crippen molar-refractivity contribution in [3.63, 3.8) is 0 Å². The second-order valence-corrected chi connectivity index (χ2v) is 10.5. The van der Waals surface area contributed by atoms with E-state index in [9.17, 15) is 22.3 Å². The third-order valence-electron chi connectivity index (χ3n) is 6.77. The Hall–Kier alpha value is -2.17. The van der Waals surface area contributed by atoms with Crippen molar-refractivity contribution >= 4 is 16.0 Å². The predicted octanol–water partition coefficient (Wildman–Crippen LogP) is 2.07. The number of hydrogen-bond donors (Lipinski definition) is 2. The standard InChI is InChI=1S/C21H24F2N4O3S/c1-11-17(28)9-27(11)20-25-18(16-6-7-21(22,23)19(16)26-20)13-4-5-15-12(8-13)2-3-14(15)10-31(24,29)30/h4-5,8,11,14,17,28H,2-3,6-7,9-10H2,1H3,(H2,24,29,30)/t11-,14-,17+/m0/s1. The summed E-state index contributed by atoms with van der Waals surface area (Å²) in [6.45, 7) is 2.12. The summed E-state index contributed by atoms with van der Waals surface area (Å²) >= 11 is 0. The maximum Gasteiger partial charge on any atom is 0.290 e. The Balaban J connectivity index is 1.57. The average Bonchev–Trinajstić information content (AvgIpc) is 3.24. The third kappa shape index (κ3) is 3.50. The normalized spacial score (nSPS) is 26.5. The number of aliphatic hydroxyl groups is 1. The van der Waals surface area contributed by atoms with Crippen LogP contribution in [0.25, 0.3) is 11.3 Å². The molecule has 0 amide bonds. The van der Waals surface area contributed by atoms with Crippen molar-refractivity contribution in [3.05, 3.63) is 40.6 Å². The fraction of sp³-hybridized carbons (Fsp3) is 0.524. The molecule has 2 aromatic rings. The van der Waals surface area contributed by atoms with Crippen molar-refractivity contribution in [2.45, 2.75) is 56.6 Å². The molecule has 1 aromatic heterocycles. The molecule has 3 atom stereocenters. The first-order valence-corrected chi connectivity index (χ1v) is 12.1. The second kappa shape index (κ2) is 6.91. The van der Waals surface area contributed by atoms with E-state index < -0.39 is 22.0 Å². The Kier molecular flexibility index (Phi) is 4.62. The lowest BCUT2D eigenvalue weighted by Crippen LogP contribution is -2.59. The molecular weight excluding hydrogens is 426 g/mol. The molecule has 1 saturated heterocycles. The van der Waals surface area contributed by atoms with E-state index in [4.69, 9.17) is 5.14 Å². The van der Waals surface area contributed by atoms with Crippen LogP contribution in [0.4, 0.5) is 14.7 Å². The average molecular weight is 451 g/mol. The number of sulfonamides is 1. The van der Waals surface area contributed by atoms with Gasteiger partial charge in [0.2, 0.25) is 16.0 Å². The van der Waals surface area contributed by atoms with Crippen LogP contribution < -0.4 is 10.0 Å². The summed E-state index contributed by atoms with van der Waals surface area (Å²) < 4.78 is 52.2. The zero-order valence-corrected chi connectivity index (χ0v) is 17.9. The first-order valence-electron chi connectivity index (χ1n) is 10.4. The van der Waals surface area contributed by atoms with Gasteiger partial charge in [-0.15, -0.1) is 0 Å². The van der Waals surface area contributed by atoms with Crippen molar-refractivity contribution in [2.24, 2.45) is 5.14 Å². The fourth-order valence-corrected chi connectivity index (χ4v) is 5.85. The van der Waals surface area contributed by atoms with Gasteiger partial charge < -0.3 is 10.0 Å². The smallest absolute Gasteiger partial charge is 0.290 e. The van der Waals surface area contributed by atoms with Gasteiger partial charge in [0.05, 0.1) is 23.6 Å². The molecule has 0 bridgehead atoms. The molecule has 1 aromatic carbocycles. The van der Waals surface area contributed by atoms with Crippen LogP contribution in [0.3, 0.4) is 0 Å². The largest absolute Gasteiger partial charge is 0.389 e. The van der Waals surface area contributed by atoms with Crippen molar-refractivity contribution in [1.82, 2.24) is 9.97 Å². The molecule has 10 heteroatoms. The molecule has 3 N–H and O–H groups in total. The minimum absolute atomic E-state index is 0.103. The minimum Gasteiger partial charge on any atom is -0.389 e. The Morgan fingerprint density at radius 1 is 1.29 bits per heavy atom. The zero-order valence-electron chi connectivity index (χ0n) is 17.1. The van der Waals surface area contributed by atoms with E-state index in [0.29, 0.717) is 30.6 Å². The van der Waals surface area contributed by atoms with E-state index in [2.05, 4.69) is 9.97 Å². The molecule has 7 nitrogen and oxygen atoms in total. The molecule has 0 spiro atoms. The van der Waals surface area contributed by atoms with Gasteiger partial charge in [-0.05, 0) is 49.3 Å². The zero-order chi connectivity index (χ0) is 22.1. The molecule has 0 unspecified atom stereocenters. The number of aryl methyl sites for hydroxylation is 1. The van der Waals surface area contributed by atoms with E-state index in [0.717, 1.165) is 16.7 Å². The molecule has 2 heterocycles. The number of β-amino-alcohol motifs (C(OH)–C–C–N with tert-alkyl or cyclic N) is 1. The second-order valence-electron chi connectivity index (χ2n) is 8.84. The topological polar surface area (TPSA) is 109 Å². The van der Waals surface area contributed by atoms with Gasteiger partial charge in [0, 0.05) is 24.1 Å². The molecule has 166 valence electrons. The van der Waals surface area contributed by atoms with Gasteiger partial charge in [0.15, 0.2) is 0 Å². The lowest BCUT2D eigenvalue weighted by Gasteiger charge is -2.43. The van der Waals surface area contributed by atoms with E-state index in [1.807, 2.05) is 25.1 Å². The van der Waals surface area contributed by atoms with Crippen LogP contribution >= 0.6 is 0 Å². The van der Waals surface area contributed by atoms with E-state index in [1.54, 1.807) is 4.90 Å². The lowest BCUT2D eigenvalue weighted by atomic mass is 9.98. The van der Waals surface area contributed by atoms with Gasteiger partial charge >= 0.3 is 0 Å². The van der Waals surface area contributed by atoms with Crippen LogP contribution in [-0.4, -0.2) is 47.9 Å². The van der Waals surface area contributed by atoms with Gasteiger partial charge in [-0.25, -0.2) is 23.5 Å². The summed E-state index contributed by atoms with van der Waals surface area (Å²) in [5.74, 6) is -3.06. The van der Waals surface area contributed by atoms with Gasteiger partial charge in [0.1, 0.15) is 5.69 Å². The summed E-state index contributed by atoms with van der Waals surface area (Å²) in [7, 11) is -3.58. The number of halogens is 2. The Labute approximate surface area is 179 Å². The summed E-state index contributed by atoms with van der Waals surface area (Å²) in [4.78, 5) is 10.6. The van der Waals surface area contributed by atoms with Crippen LogP contribution in [-0.2, 0) is 28.8 Å². The van der Waals surface area contributed by atoms with Crippen LogP contribution in [0.2, 0.25) is 0 Å². The number of hydrogen-bond acceptors (Lipinski definition) is 6. The van der Waals surface area contributed by atoms with Gasteiger partial charge in [-0.1, -0.05) is 12.1 Å². The Morgan fingerprint density at radius 2 is 2.06 bits per heavy atom. The highest BCUT2D eigenvalue weighted by Gasteiger charge is 2.45. The summed E-state index contributed by atoms with van der Waals surface area (Å²) in [6.07, 6.45) is 0.754. The van der Waals surface area contributed by atoms with Crippen molar-refractivity contribution in [1.29, 1.82) is 0 Å². The summed E-state index contributed by atoms with van der Waals surface area (Å²) in [6, 6.07) is 5.37. The highest BCUT2D eigenvalue weighted by atomic mass is 32.2. The number of fused-ring (bicyclic) bond motifs is 2. The van der Waals surface area contributed by atoms with E-state index in [1.165, 1.54) is 0 Å². The van der Waals surface area contributed by atoms with Gasteiger partial charge in [-0.3, -0.25) is 0 Å². The highest BCUT2D eigenvalue weighted by molar-refractivity contribution is 7.89. The summed E-state index contributed by atoms with van der Waals surface area (Å²) in [5, 5.41) is 15.1. The van der Waals surface area contributed by atoms with Crippen LogP contribution in [0.1, 0.15) is 48.1 Å². The molecular formula is C21H24F2N4O3S. The lowest BCUT2D eigenvalue weighted by molar-refractivity contribution is -0.00603. The van der Waals surface area contributed by atoms with Crippen LogP contribution in [0.5, 0.6) is 0 Å². The summed E-state index contributed by atoms with van der Waals surface area (Å²) in [5.41, 5.74) is 3.38. The van der Waals surface area contributed by atoms with Crippen molar-refractivity contribution < 1.29 is 22.3 Å². The first kappa shape index (κ1) is 20.7. The maximum atomic E-state index is 14.6. The minimum atomic E-state index is -3.58. The number of nitrogens with zero attached hydrogens (tertiary/aromatic N) is 3. The van der Waals surface area contributed by atoms with Crippen molar-refractivity contribution in [3.8, 4) is 11.3 Å². The molecule has 1 aliphatic heterocycles. The monoisotopic (exact) mass is 450 g/mol. The Bertz CT molecular complexity index is 1170. The SMILES string of the molecule is C[C@H]1[C@H](O)CN1c1nc(-c2ccc3c(c2)CC[C@H]3CS(N)(=O)=O)c2c(n1)C(F)(F)CC2. The Morgan fingerprint density at radius 3 is 2.74 bits per heavy atom. The van der Waals surface area contributed by atoms with Gasteiger partial charge in [0.25, 0.3) is 5.92 Å². The number of aliphatic hydroxyl groups excluding tert-OH is 1. The number of nitrogens with two attached hydrogens (primary N) is 1. The molecule has 2 aliphatic carbocycles. The fourth-order valence-electron chi connectivity index (χ4n) is 4.94. The molecule has 0 radical (unpaired) electrons. The molecule has 1 fully saturated rings. The predicted molar refractivity (Wildman–Crippen MR) is 112 cm³/mol. The van der Waals surface area contributed by atoms with E-state index >= 15 is 0 Å². The molecule has 5 rings (SSSR count). The number of primary sulfonamides is 1. The number of benzene rings is 1. The molecule has 3 aliphatic rings. The van der Waals surface area contributed by atoms with Crippen LogP contribution in [0.15, 0.2) is 18.2 Å². The molecule has 0 saturated carbocycles. The van der Waals surface area contributed by atoms with Crippen LogP contribution in [0, 0.1) is 0 Å². The highest BCUT2D eigenvalue weighted by Crippen LogP contribution is 2.45. The number of aromatic nitrogens is 2. The quantitative estimate of drug-likeness (QED) is 0.738. The first-order chi connectivity index (χ1) is 14.5. The van der Waals surface area contributed by atoms with E-state index in [-0.39, 0.29) is 42.2 Å².